The smallest absolute Gasteiger partial charge is 0.200 e. The monoisotopic (exact) mass is 189 g/mol. The van der Waals surface area contributed by atoms with Gasteiger partial charge in [0, 0.05) is 7.05 Å². The predicted molar refractivity (Wildman–Crippen MR) is 59.2 cm³/mol. The fraction of sp³-hybridized carbons (Fsp3) is 0.364. The largest absolute Gasteiger partial charge is 0.369 e. The van der Waals surface area contributed by atoms with E-state index in [0.29, 0.717) is 11.9 Å². The van der Waals surface area contributed by atoms with E-state index in [4.69, 9.17) is 5.73 Å². The van der Waals surface area contributed by atoms with Crippen molar-refractivity contribution in [3.05, 3.63) is 23.8 Å². The number of benzene rings is 1. The number of hydrogen-bond acceptors (Lipinski definition) is 2. The summed E-state index contributed by atoms with van der Waals surface area (Å²) in [5.74, 6) is 1.06. The van der Waals surface area contributed by atoms with Gasteiger partial charge in [-0.15, -0.1) is 0 Å². The SMILES string of the molecule is CC(C)c1cccc2c1nc(N)n2C. The van der Waals surface area contributed by atoms with Crippen molar-refractivity contribution in [2.24, 2.45) is 7.05 Å². The Morgan fingerprint density at radius 3 is 2.71 bits per heavy atom. The first-order valence-electron chi connectivity index (χ1n) is 4.82. The quantitative estimate of drug-likeness (QED) is 0.748. The van der Waals surface area contributed by atoms with Crippen LogP contribution in [0, 0.1) is 0 Å². The van der Waals surface area contributed by atoms with Gasteiger partial charge in [0.1, 0.15) is 0 Å². The summed E-state index contributed by atoms with van der Waals surface area (Å²) >= 11 is 0. The van der Waals surface area contributed by atoms with E-state index >= 15 is 0 Å². The maximum atomic E-state index is 5.77. The fourth-order valence-electron chi connectivity index (χ4n) is 1.72. The molecule has 0 unspecified atom stereocenters. The van der Waals surface area contributed by atoms with Gasteiger partial charge in [0.15, 0.2) is 0 Å². The number of fused-ring (bicyclic) bond motifs is 1. The molecule has 74 valence electrons. The van der Waals surface area contributed by atoms with Crippen LogP contribution in [0.15, 0.2) is 18.2 Å². The van der Waals surface area contributed by atoms with Crippen molar-refractivity contribution in [1.29, 1.82) is 0 Å². The van der Waals surface area contributed by atoms with Crippen LogP contribution >= 0.6 is 0 Å². The highest BCUT2D eigenvalue weighted by Crippen LogP contribution is 2.25. The van der Waals surface area contributed by atoms with Crippen LogP contribution < -0.4 is 5.73 Å². The number of rotatable bonds is 1. The third kappa shape index (κ3) is 1.16. The summed E-state index contributed by atoms with van der Waals surface area (Å²) in [7, 11) is 1.94. The van der Waals surface area contributed by atoms with Gasteiger partial charge in [-0.25, -0.2) is 4.98 Å². The van der Waals surface area contributed by atoms with Gasteiger partial charge in [0.25, 0.3) is 0 Å². The molecule has 0 fully saturated rings. The van der Waals surface area contributed by atoms with Gasteiger partial charge in [-0.3, -0.25) is 0 Å². The molecular formula is C11H15N3. The van der Waals surface area contributed by atoms with Crippen LogP contribution in [0.3, 0.4) is 0 Å². The lowest BCUT2D eigenvalue weighted by atomic mass is 10.0. The van der Waals surface area contributed by atoms with Gasteiger partial charge in [0.2, 0.25) is 5.95 Å². The summed E-state index contributed by atoms with van der Waals surface area (Å²) in [6, 6.07) is 6.21. The number of para-hydroxylation sites is 1. The highest BCUT2D eigenvalue weighted by atomic mass is 15.1. The number of hydrogen-bond donors (Lipinski definition) is 1. The van der Waals surface area contributed by atoms with Crippen molar-refractivity contribution in [3.63, 3.8) is 0 Å². The second kappa shape index (κ2) is 3.01. The lowest BCUT2D eigenvalue weighted by Gasteiger charge is -2.05. The first-order chi connectivity index (χ1) is 6.61. The van der Waals surface area contributed by atoms with Crippen LogP contribution in [-0.4, -0.2) is 9.55 Å². The van der Waals surface area contributed by atoms with Gasteiger partial charge < -0.3 is 10.3 Å². The van der Waals surface area contributed by atoms with Crippen molar-refractivity contribution in [3.8, 4) is 0 Å². The lowest BCUT2D eigenvalue weighted by Crippen LogP contribution is -1.95. The molecule has 2 N–H and O–H groups in total. The predicted octanol–water partition coefficient (Wildman–Crippen LogP) is 2.28. The summed E-state index contributed by atoms with van der Waals surface area (Å²) in [5, 5.41) is 0. The topological polar surface area (TPSA) is 43.8 Å². The molecule has 2 rings (SSSR count). The summed E-state index contributed by atoms with van der Waals surface area (Å²) in [4.78, 5) is 4.37. The Bertz CT molecular complexity index is 469. The molecule has 1 heterocycles. The maximum Gasteiger partial charge on any atom is 0.200 e. The average molecular weight is 189 g/mol. The van der Waals surface area contributed by atoms with Crippen LogP contribution in [0.2, 0.25) is 0 Å². The Balaban J connectivity index is 2.81. The highest BCUT2D eigenvalue weighted by molar-refractivity contribution is 5.82. The molecule has 0 saturated carbocycles. The molecule has 3 heteroatoms. The van der Waals surface area contributed by atoms with E-state index in [1.165, 1.54) is 5.56 Å². The van der Waals surface area contributed by atoms with Crippen LogP contribution in [0.1, 0.15) is 25.3 Å². The molecule has 0 spiro atoms. The summed E-state index contributed by atoms with van der Waals surface area (Å²) in [6.45, 7) is 4.33. The maximum absolute atomic E-state index is 5.77. The van der Waals surface area contributed by atoms with E-state index in [9.17, 15) is 0 Å². The van der Waals surface area contributed by atoms with Crippen molar-refractivity contribution in [2.45, 2.75) is 19.8 Å². The normalized spacial score (nSPS) is 11.4. The van der Waals surface area contributed by atoms with E-state index in [1.807, 2.05) is 17.7 Å². The molecule has 0 saturated heterocycles. The molecule has 0 atom stereocenters. The van der Waals surface area contributed by atoms with Gasteiger partial charge in [-0.05, 0) is 17.5 Å². The zero-order valence-corrected chi connectivity index (χ0v) is 8.78. The minimum Gasteiger partial charge on any atom is -0.369 e. The number of anilines is 1. The number of nitrogens with zero attached hydrogens (tertiary/aromatic N) is 2. The Morgan fingerprint density at radius 2 is 2.07 bits per heavy atom. The molecule has 14 heavy (non-hydrogen) atoms. The number of nitrogens with two attached hydrogens (primary N) is 1. The van der Waals surface area contributed by atoms with Crippen LogP contribution in [-0.2, 0) is 7.05 Å². The molecule has 1 aromatic carbocycles. The third-order valence-electron chi connectivity index (χ3n) is 2.60. The van der Waals surface area contributed by atoms with Gasteiger partial charge in [0.05, 0.1) is 11.0 Å². The minimum absolute atomic E-state index is 0.480. The summed E-state index contributed by atoms with van der Waals surface area (Å²) in [5.41, 5.74) is 9.17. The van der Waals surface area contributed by atoms with Gasteiger partial charge in [-0.1, -0.05) is 26.0 Å². The van der Waals surface area contributed by atoms with Crippen molar-refractivity contribution in [2.75, 3.05) is 5.73 Å². The second-order valence-electron chi connectivity index (χ2n) is 3.90. The van der Waals surface area contributed by atoms with Crippen molar-refractivity contribution < 1.29 is 0 Å². The Morgan fingerprint density at radius 1 is 1.36 bits per heavy atom. The molecule has 2 aromatic rings. The first-order valence-corrected chi connectivity index (χ1v) is 4.82. The van der Waals surface area contributed by atoms with Crippen molar-refractivity contribution in [1.82, 2.24) is 9.55 Å². The average Bonchev–Trinajstić information content (AvgIpc) is 2.43. The first kappa shape index (κ1) is 9.06. The third-order valence-corrected chi connectivity index (χ3v) is 2.60. The van der Waals surface area contributed by atoms with Crippen LogP contribution in [0.25, 0.3) is 11.0 Å². The Hall–Kier alpha value is -1.51. The minimum atomic E-state index is 0.480. The lowest BCUT2D eigenvalue weighted by molar-refractivity contribution is 0.873. The molecule has 1 aromatic heterocycles. The van der Waals surface area contributed by atoms with E-state index in [0.717, 1.165) is 11.0 Å². The second-order valence-corrected chi connectivity index (χ2v) is 3.90. The molecule has 0 aliphatic heterocycles. The van der Waals surface area contributed by atoms with Crippen LogP contribution in [0.4, 0.5) is 5.95 Å². The number of imidazole rings is 1. The van der Waals surface area contributed by atoms with Crippen molar-refractivity contribution >= 4 is 17.0 Å². The van der Waals surface area contributed by atoms with E-state index in [2.05, 4.69) is 31.0 Å². The molecule has 0 aliphatic rings. The van der Waals surface area contributed by atoms with Gasteiger partial charge in [-0.2, -0.15) is 0 Å². The van der Waals surface area contributed by atoms with Gasteiger partial charge >= 0.3 is 0 Å². The molecular weight excluding hydrogens is 174 g/mol. The Kier molecular flexibility index (Phi) is 1.95. The van der Waals surface area contributed by atoms with E-state index in [-0.39, 0.29) is 0 Å². The standard InChI is InChI=1S/C11H15N3/c1-7(2)8-5-4-6-9-10(8)13-11(12)14(9)3/h4-7H,1-3H3,(H2,12,13). The Labute approximate surface area is 83.6 Å². The molecule has 3 nitrogen and oxygen atoms in total. The molecule has 0 bridgehead atoms. The number of aryl methyl sites for hydroxylation is 1. The van der Waals surface area contributed by atoms with E-state index in [1.54, 1.807) is 0 Å². The number of nitrogen functional groups attached to an aromatic ring is 1. The zero-order valence-electron chi connectivity index (χ0n) is 8.78. The molecule has 0 radical (unpaired) electrons. The molecule has 0 amide bonds. The highest BCUT2D eigenvalue weighted by Gasteiger charge is 2.10. The summed E-state index contributed by atoms with van der Waals surface area (Å²) in [6.07, 6.45) is 0. The zero-order chi connectivity index (χ0) is 10.3. The van der Waals surface area contributed by atoms with E-state index < -0.39 is 0 Å². The molecule has 0 aliphatic carbocycles. The van der Waals surface area contributed by atoms with Crippen LogP contribution in [0.5, 0.6) is 0 Å². The fourth-order valence-corrected chi connectivity index (χ4v) is 1.72. The summed E-state index contributed by atoms with van der Waals surface area (Å²) < 4.78 is 1.92. The number of aromatic nitrogens is 2.